The van der Waals surface area contributed by atoms with Gasteiger partial charge in [0.2, 0.25) is 5.43 Å². The Hall–Kier alpha value is -2.79. The minimum Gasteiger partial charge on any atom is -0.360 e. The van der Waals surface area contributed by atoms with E-state index in [1.165, 1.54) is 12.3 Å². The lowest BCUT2D eigenvalue weighted by Crippen LogP contribution is -2.33. The van der Waals surface area contributed by atoms with Crippen LogP contribution in [0.25, 0.3) is 10.9 Å². The molecule has 0 unspecified atom stereocenters. The van der Waals surface area contributed by atoms with Crippen LogP contribution in [0.1, 0.15) is 10.4 Å². The number of amides is 1. The van der Waals surface area contributed by atoms with E-state index >= 15 is 0 Å². The van der Waals surface area contributed by atoms with E-state index in [1.807, 2.05) is 18.2 Å². The summed E-state index contributed by atoms with van der Waals surface area (Å²) >= 11 is 5.90. The van der Waals surface area contributed by atoms with Gasteiger partial charge in [0.1, 0.15) is 5.56 Å². The molecule has 0 aliphatic carbocycles. The van der Waals surface area contributed by atoms with Gasteiger partial charge in [-0.05, 0) is 30.3 Å². The third kappa shape index (κ3) is 2.80. The number of halogens is 1. The molecular formula is C16H12ClN3O2. The van der Waals surface area contributed by atoms with Gasteiger partial charge in [-0.1, -0.05) is 29.8 Å². The summed E-state index contributed by atoms with van der Waals surface area (Å²) in [6.07, 6.45) is 1.39. The number of fused-ring (bicyclic) bond motifs is 1. The van der Waals surface area contributed by atoms with Crippen LogP contribution < -0.4 is 16.3 Å². The molecule has 0 saturated carbocycles. The molecule has 3 aromatic rings. The molecule has 0 spiro atoms. The fraction of sp³-hybridized carbons (Fsp3) is 0. The molecule has 0 saturated heterocycles. The first-order chi connectivity index (χ1) is 10.6. The summed E-state index contributed by atoms with van der Waals surface area (Å²) in [5.74, 6) is -0.521. The minimum absolute atomic E-state index is 0.0122. The Morgan fingerprint density at radius 1 is 1.09 bits per heavy atom. The predicted octanol–water partition coefficient (Wildman–Crippen LogP) is 2.94. The molecule has 0 atom stereocenters. The van der Waals surface area contributed by atoms with E-state index in [4.69, 9.17) is 11.6 Å². The molecule has 3 N–H and O–H groups in total. The van der Waals surface area contributed by atoms with Crippen LogP contribution in [0, 0.1) is 0 Å². The van der Waals surface area contributed by atoms with E-state index in [1.54, 1.807) is 24.3 Å². The van der Waals surface area contributed by atoms with E-state index in [0.717, 1.165) is 5.69 Å². The zero-order chi connectivity index (χ0) is 15.5. The molecular weight excluding hydrogens is 302 g/mol. The van der Waals surface area contributed by atoms with Crippen molar-refractivity contribution in [3.8, 4) is 0 Å². The molecule has 1 aromatic heterocycles. The summed E-state index contributed by atoms with van der Waals surface area (Å²) in [5.41, 5.74) is 6.23. The largest absolute Gasteiger partial charge is 0.360 e. The molecule has 3 rings (SSSR count). The molecule has 5 nitrogen and oxygen atoms in total. The highest BCUT2D eigenvalue weighted by Crippen LogP contribution is 2.15. The van der Waals surface area contributed by atoms with Gasteiger partial charge in [-0.3, -0.25) is 20.4 Å². The number of carbonyl (C=O) groups is 1. The van der Waals surface area contributed by atoms with Crippen molar-refractivity contribution in [3.05, 3.63) is 75.5 Å². The molecule has 0 aliphatic rings. The van der Waals surface area contributed by atoms with Crippen LogP contribution in [-0.2, 0) is 0 Å². The van der Waals surface area contributed by atoms with Crippen LogP contribution in [0.4, 0.5) is 5.69 Å². The highest BCUT2D eigenvalue weighted by atomic mass is 35.5. The number of hydrazine groups is 1. The second kappa shape index (κ2) is 5.91. The summed E-state index contributed by atoms with van der Waals surface area (Å²) in [7, 11) is 0. The van der Waals surface area contributed by atoms with E-state index in [9.17, 15) is 9.59 Å². The van der Waals surface area contributed by atoms with Crippen molar-refractivity contribution >= 4 is 34.1 Å². The fourth-order valence-electron chi connectivity index (χ4n) is 2.08. The number of pyridine rings is 1. The number of nitrogens with one attached hydrogen (secondary N) is 3. The summed E-state index contributed by atoms with van der Waals surface area (Å²) < 4.78 is 0. The first-order valence-electron chi connectivity index (χ1n) is 6.57. The van der Waals surface area contributed by atoms with Gasteiger partial charge in [0.15, 0.2) is 0 Å². The van der Waals surface area contributed by atoms with Crippen LogP contribution in [0.3, 0.4) is 0 Å². The van der Waals surface area contributed by atoms with Gasteiger partial charge < -0.3 is 4.98 Å². The molecule has 1 amide bonds. The molecule has 22 heavy (non-hydrogen) atoms. The molecule has 110 valence electrons. The first kappa shape index (κ1) is 14.2. The SMILES string of the molecule is O=C(NNc1ccccc1)c1c[nH]c2ccc(Cl)cc2c1=O. The standard InChI is InChI=1S/C16H12ClN3O2/c17-10-6-7-14-12(8-10)15(21)13(9-18-14)16(22)20-19-11-4-2-1-3-5-11/h1-9,19H,(H,18,21)(H,20,22). The molecule has 6 heteroatoms. The Balaban J connectivity index is 1.88. The van der Waals surface area contributed by atoms with Crippen LogP contribution in [0.2, 0.25) is 5.02 Å². The molecule has 0 bridgehead atoms. The average molecular weight is 314 g/mol. The van der Waals surface area contributed by atoms with Crippen LogP contribution >= 0.6 is 11.6 Å². The highest BCUT2D eigenvalue weighted by molar-refractivity contribution is 6.31. The second-order valence-corrected chi connectivity index (χ2v) is 5.10. The number of benzene rings is 2. The molecule has 0 radical (unpaired) electrons. The summed E-state index contributed by atoms with van der Waals surface area (Å²) in [5, 5.41) is 0.817. The lowest BCUT2D eigenvalue weighted by Gasteiger charge is -2.08. The lowest BCUT2D eigenvalue weighted by molar-refractivity contribution is 0.0961. The van der Waals surface area contributed by atoms with Gasteiger partial charge in [0.25, 0.3) is 5.91 Å². The number of H-pyrrole nitrogens is 1. The monoisotopic (exact) mass is 313 g/mol. The van der Waals surface area contributed by atoms with Gasteiger partial charge in [-0.25, -0.2) is 0 Å². The quantitative estimate of drug-likeness (QED) is 0.651. The number of carbonyl (C=O) groups excluding carboxylic acids is 1. The first-order valence-corrected chi connectivity index (χ1v) is 6.95. The van der Waals surface area contributed by atoms with Crippen molar-refractivity contribution in [2.75, 3.05) is 5.43 Å². The Morgan fingerprint density at radius 3 is 2.64 bits per heavy atom. The summed E-state index contributed by atoms with van der Waals surface area (Å²) in [6.45, 7) is 0. The molecule has 2 aromatic carbocycles. The number of para-hydroxylation sites is 1. The van der Waals surface area contributed by atoms with Crippen molar-refractivity contribution in [1.29, 1.82) is 0 Å². The van der Waals surface area contributed by atoms with Crippen molar-refractivity contribution in [3.63, 3.8) is 0 Å². The number of aromatic nitrogens is 1. The Bertz CT molecular complexity index is 891. The maximum Gasteiger partial charge on any atom is 0.275 e. The van der Waals surface area contributed by atoms with Crippen molar-refractivity contribution < 1.29 is 4.79 Å². The normalized spacial score (nSPS) is 10.4. The maximum atomic E-state index is 12.4. The topological polar surface area (TPSA) is 74.0 Å². The summed E-state index contributed by atoms with van der Waals surface area (Å²) in [4.78, 5) is 27.4. The third-order valence-electron chi connectivity index (χ3n) is 3.18. The number of hydrogen-bond donors (Lipinski definition) is 3. The van der Waals surface area contributed by atoms with Crippen LogP contribution in [0.5, 0.6) is 0 Å². The number of aromatic amines is 1. The Morgan fingerprint density at radius 2 is 1.86 bits per heavy atom. The van der Waals surface area contributed by atoms with Gasteiger partial charge >= 0.3 is 0 Å². The van der Waals surface area contributed by atoms with Crippen molar-refractivity contribution in [1.82, 2.24) is 10.4 Å². The molecule has 0 fully saturated rings. The molecule has 0 aliphatic heterocycles. The Labute approximate surface area is 130 Å². The lowest BCUT2D eigenvalue weighted by atomic mass is 10.1. The van der Waals surface area contributed by atoms with E-state index in [2.05, 4.69) is 15.8 Å². The number of hydrogen-bond acceptors (Lipinski definition) is 3. The predicted molar refractivity (Wildman–Crippen MR) is 87.1 cm³/mol. The number of anilines is 1. The third-order valence-corrected chi connectivity index (χ3v) is 3.42. The van der Waals surface area contributed by atoms with E-state index < -0.39 is 5.91 Å². The van der Waals surface area contributed by atoms with Gasteiger partial charge in [-0.15, -0.1) is 0 Å². The van der Waals surface area contributed by atoms with Gasteiger partial charge in [0.05, 0.1) is 5.69 Å². The maximum absolute atomic E-state index is 12.4. The zero-order valence-electron chi connectivity index (χ0n) is 11.4. The molecule has 1 heterocycles. The number of rotatable bonds is 3. The van der Waals surface area contributed by atoms with Crippen molar-refractivity contribution in [2.45, 2.75) is 0 Å². The highest BCUT2D eigenvalue weighted by Gasteiger charge is 2.13. The summed E-state index contributed by atoms with van der Waals surface area (Å²) in [6, 6.07) is 14.0. The minimum atomic E-state index is -0.521. The van der Waals surface area contributed by atoms with E-state index in [-0.39, 0.29) is 11.0 Å². The zero-order valence-corrected chi connectivity index (χ0v) is 12.1. The second-order valence-electron chi connectivity index (χ2n) is 4.67. The fourth-order valence-corrected chi connectivity index (χ4v) is 2.25. The van der Waals surface area contributed by atoms with Crippen LogP contribution in [-0.4, -0.2) is 10.9 Å². The van der Waals surface area contributed by atoms with Gasteiger partial charge in [0, 0.05) is 22.1 Å². The van der Waals surface area contributed by atoms with Crippen LogP contribution in [0.15, 0.2) is 59.5 Å². The van der Waals surface area contributed by atoms with E-state index in [0.29, 0.717) is 15.9 Å². The Kier molecular flexibility index (Phi) is 3.80. The van der Waals surface area contributed by atoms with Crippen molar-refractivity contribution in [2.24, 2.45) is 0 Å². The smallest absolute Gasteiger partial charge is 0.275 e. The average Bonchev–Trinajstić information content (AvgIpc) is 2.54. The van der Waals surface area contributed by atoms with Gasteiger partial charge in [-0.2, -0.15) is 0 Å².